The Morgan fingerprint density at radius 1 is 1.47 bits per heavy atom. The largest absolute Gasteiger partial charge is 0.481 e. The van der Waals surface area contributed by atoms with Crippen LogP contribution in [0.15, 0.2) is 18.2 Å². The molecule has 1 aliphatic heterocycles. The molecule has 1 aliphatic rings. The van der Waals surface area contributed by atoms with Crippen molar-refractivity contribution in [1.29, 1.82) is 0 Å². The Morgan fingerprint density at radius 3 is 2.95 bits per heavy atom. The van der Waals surface area contributed by atoms with Crippen LogP contribution in [0.2, 0.25) is 0 Å². The van der Waals surface area contributed by atoms with E-state index >= 15 is 0 Å². The molecule has 0 aromatic heterocycles. The molecular weight excluding hydrogens is 262 g/mol. The lowest BCUT2D eigenvalue weighted by Gasteiger charge is -2.16. The fraction of sp³-hybridized carbons (Fsp3) is 0.533. The summed E-state index contributed by atoms with van der Waals surface area (Å²) in [6, 6.07) is 6.37. The number of carboxylic acid groups (broad SMARTS) is 1. The molecule has 0 saturated heterocycles. The second-order valence-corrected chi connectivity index (χ2v) is 5.03. The predicted octanol–water partition coefficient (Wildman–Crippen LogP) is 3.82. The van der Waals surface area contributed by atoms with Crippen molar-refractivity contribution in [2.75, 3.05) is 11.9 Å². The Kier molecular flexibility index (Phi) is 6.16. The van der Waals surface area contributed by atoms with Gasteiger partial charge >= 0.3 is 5.97 Å². The first kappa shape index (κ1) is 15.8. The average molecular weight is 284 g/mol. The van der Waals surface area contributed by atoms with Gasteiger partial charge in [0.15, 0.2) is 0 Å². The molecule has 3 nitrogen and oxygen atoms in total. The van der Waals surface area contributed by atoms with Gasteiger partial charge in [-0.3, -0.25) is 4.79 Å². The van der Waals surface area contributed by atoms with Gasteiger partial charge in [-0.05, 0) is 36.0 Å². The minimum Gasteiger partial charge on any atom is -0.481 e. The predicted molar refractivity (Wildman–Crippen MR) is 80.4 cm³/mol. The van der Waals surface area contributed by atoms with Crippen LogP contribution in [0.25, 0.3) is 0 Å². The highest BCUT2D eigenvalue weighted by Crippen LogP contribution is 2.31. The molecule has 2 rings (SSSR count). The van der Waals surface area contributed by atoms with E-state index in [4.69, 9.17) is 5.11 Å². The average Bonchev–Trinajstić information content (AvgIpc) is 2.81. The molecule has 0 bridgehead atoms. The Labute approximate surface area is 120 Å². The summed E-state index contributed by atoms with van der Waals surface area (Å²) in [6.45, 7) is 3.14. The SMILES string of the molecule is CCCC[C@@H](CC(=O)O)c1ccc2c(c1)CCN2.Cl. The van der Waals surface area contributed by atoms with Gasteiger partial charge in [0.05, 0.1) is 6.42 Å². The number of unbranched alkanes of at least 4 members (excludes halogenated alkanes) is 1. The zero-order chi connectivity index (χ0) is 13.0. The number of fused-ring (bicyclic) bond motifs is 1. The van der Waals surface area contributed by atoms with Gasteiger partial charge < -0.3 is 10.4 Å². The molecule has 1 heterocycles. The highest BCUT2D eigenvalue weighted by atomic mass is 35.5. The normalized spacial score (nSPS) is 14.2. The minimum atomic E-state index is -0.699. The number of hydrogen-bond donors (Lipinski definition) is 2. The van der Waals surface area contributed by atoms with Crippen LogP contribution in [0, 0.1) is 0 Å². The third-order valence-corrected chi connectivity index (χ3v) is 3.64. The van der Waals surface area contributed by atoms with Crippen molar-refractivity contribution in [3.63, 3.8) is 0 Å². The van der Waals surface area contributed by atoms with Gasteiger partial charge in [-0.2, -0.15) is 0 Å². The van der Waals surface area contributed by atoms with Crippen LogP contribution in [0.5, 0.6) is 0 Å². The monoisotopic (exact) mass is 283 g/mol. The molecule has 0 amide bonds. The topological polar surface area (TPSA) is 49.3 Å². The quantitative estimate of drug-likeness (QED) is 0.834. The van der Waals surface area contributed by atoms with Crippen LogP contribution < -0.4 is 5.32 Å². The summed E-state index contributed by atoms with van der Waals surface area (Å²) in [4.78, 5) is 11.0. The number of nitrogens with one attached hydrogen (secondary N) is 1. The van der Waals surface area contributed by atoms with Crippen molar-refractivity contribution >= 4 is 24.1 Å². The molecule has 1 aromatic carbocycles. The summed E-state index contributed by atoms with van der Waals surface area (Å²) in [5, 5.41) is 12.4. The van der Waals surface area contributed by atoms with E-state index in [-0.39, 0.29) is 24.7 Å². The fourth-order valence-corrected chi connectivity index (χ4v) is 2.63. The van der Waals surface area contributed by atoms with Gasteiger partial charge in [0, 0.05) is 12.2 Å². The smallest absolute Gasteiger partial charge is 0.303 e. The molecule has 1 atom stereocenters. The first-order valence-electron chi connectivity index (χ1n) is 6.79. The summed E-state index contributed by atoms with van der Waals surface area (Å²) in [5.74, 6) is -0.539. The fourth-order valence-electron chi connectivity index (χ4n) is 2.63. The molecule has 0 radical (unpaired) electrons. The van der Waals surface area contributed by atoms with Gasteiger partial charge in [-0.25, -0.2) is 0 Å². The van der Waals surface area contributed by atoms with Crippen LogP contribution in [-0.4, -0.2) is 17.6 Å². The van der Waals surface area contributed by atoms with E-state index in [2.05, 4.69) is 30.4 Å². The maximum absolute atomic E-state index is 11.0. The number of carboxylic acids is 1. The number of hydrogen-bond acceptors (Lipinski definition) is 2. The highest BCUT2D eigenvalue weighted by Gasteiger charge is 2.18. The molecule has 0 saturated carbocycles. The summed E-state index contributed by atoms with van der Waals surface area (Å²) < 4.78 is 0. The van der Waals surface area contributed by atoms with Crippen LogP contribution in [0.3, 0.4) is 0 Å². The number of aliphatic carboxylic acids is 1. The third-order valence-electron chi connectivity index (χ3n) is 3.64. The van der Waals surface area contributed by atoms with E-state index in [1.807, 2.05) is 0 Å². The Hall–Kier alpha value is -1.22. The summed E-state index contributed by atoms with van der Waals surface area (Å²) in [6.07, 6.45) is 4.47. The first-order valence-corrected chi connectivity index (χ1v) is 6.79. The number of benzene rings is 1. The van der Waals surface area contributed by atoms with Gasteiger partial charge in [-0.1, -0.05) is 31.9 Å². The maximum Gasteiger partial charge on any atom is 0.303 e. The summed E-state index contributed by atoms with van der Waals surface area (Å²) >= 11 is 0. The maximum atomic E-state index is 11.0. The molecule has 0 aliphatic carbocycles. The molecule has 0 spiro atoms. The number of rotatable bonds is 6. The van der Waals surface area contributed by atoms with E-state index in [1.54, 1.807) is 0 Å². The van der Waals surface area contributed by atoms with Crippen molar-refractivity contribution in [3.8, 4) is 0 Å². The molecule has 106 valence electrons. The van der Waals surface area contributed by atoms with Crippen molar-refractivity contribution in [1.82, 2.24) is 0 Å². The van der Waals surface area contributed by atoms with Crippen LogP contribution in [0.4, 0.5) is 5.69 Å². The molecule has 1 aromatic rings. The molecule has 19 heavy (non-hydrogen) atoms. The zero-order valence-corrected chi connectivity index (χ0v) is 12.1. The van der Waals surface area contributed by atoms with Crippen molar-refractivity contribution in [2.24, 2.45) is 0 Å². The van der Waals surface area contributed by atoms with Crippen molar-refractivity contribution in [2.45, 2.75) is 44.9 Å². The van der Waals surface area contributed by atoms with Crippen molar-refractivity contribution in [3.05, 3.63) is 29.3 Å². The molecule has 0 unspecified atom stereocenters. The lowest BCUT2D eigenvalue weighted by atomic mass is 9.89. The van der Waals surface area contributed by atoms with Gasteiger partial charge in [0.2, 0.25) is 0 Å². The number of carbonyl (C=O) groups is 1. The lowest BCUT2D eigenvalue weighted by Crippen LogP contribution is -2.07. The highest BCUT2D eigenvalue weighted by molar-refractivity contribution is 5.85. The van der Waals surface area contributed by atoms with E-state index < -0.39 is 5.97 Å². The summed E-state index contributed by atoms with van der Waals surface area (Å²) in [5.41, 5.74) is 3.73. The summed E-state index contributed by atoms with van der Waals surface area (Å²) in [7, 11) is 0. The number of halogens is 1. The van der Waals surface area contributed by atoms with Crippen molar-refractivity contribution < 1.29 is 9.90 Å². The molecule has 4 heteroatoms. The first-order chi connectivity index (χ1) is 8.70. The van der Waals surface area contributed by atoms with Crippen LogP contribution >= 0.6 is 12.4 Å². The lowest BCUT2D eigenvalue weighted by molar-refractivity contribution is -0.137. The molecule has 2 N–H and O–H groups in total. The Bertz CT molecular complexity index is 434. The van der Waals surface area contributed by atoms with Gasteiger partial charge in [-0.15, -0.1) is 12.4 Å². The minimum absolute atomic E-state index is 0. The molecular formula is C15H22ClNO2. The van der Waals surface area contributed by atoms with Gasteiger partial charge in [0.25, 0.3) is 0 Å². The third kappa shape index (κ3) is 4.13. The van der Waals surface area contributed by atoms with Gasteiger partial charge in [0.1, 0.15) is 0 Å². The van der Waals surface area contributed by atoms with E-state index in [9.17, 15) is 4.79 Å². The molecule has 0 fully saturated rings. The standard InChI is InChI=1S/C15H21NO2.ClH/c1-2-3-4-11(10-15(17)18)12-5-6-14-13(9-12)7-8-16-14;/h5-6,9,11,16H,2-4,7-8,10H2,1H3,(H,17,18);1H/t11-;/m0./s1. The van der Waals surface area contributed by atoms with Crippen LogP contribution in [-0.2, 0) is 11.2 Å². The van der Waals surface area contributed by atoms with E-state index in [1.165, 1.54) is 16.8 Å². The Balaban J connectivity index is 0.00000180. The zero-order valence-electron chi connectivity index (χ0n) is 11.3. The van der Waals surface area contributed by atoms with E-state index in [0.717, 1.165) is 32.2 Å². The second kappa shape index (κ2) is 7.39. The second-order valence-electron chi connectivity index (χ2n) is 5.03. The van der Waals surface area contributed by atoms with E-state index in [0.29, 0.717) is 0 Å². The Morgan fingerprint density at radius 2 is 2.26 bits per heavy atom. The number of anilines is 1. The van der Waals surface area contributed by atoms with Crippen LogP contribution in [0.1, 0.15) is 49.7 Å².